The fourth-order valence-electron chi connectivity index (χ4n) is 2.60. The maximum absolute atomic E-state index is 12.9. The molecule has 0 amide bonds. The second-order valence-corrected chi connectivity index (χ2v) is 7.69. The number of aryl methyl sites for hydroxylation is 2. The van der Waals surface area contributed by atoms with Gasteiger partial charge in [0.05, 0.1) is 4.90 Å². The van der Waals surface area contributed by atoms with E-state index in [2.05, 4.69) is 5.32 Å². The third-order valence-corrected chi connectivity index (χ3v) is 5.61. The van der Waals surface area contributed by atoms with E-state index in [-0.39, 0.29) is 0 Å². The Labute approximate surface area is 129 Å². The Morgan fingerprint density at radius 2 is 1.67 bits per heavy atom. The zero-order valence-corrected chi connectivity index (χ0v) is 14.8. The molecule has 0 saturated heterocycles. The predicted molar refractivity (Wildman–Crippen MR) is 89.4 cm³/mol. The summed E-state index contributed by atoms with van der Waals surface area (Å²) in [4.78, 5) is 0.451. The average molecular weight is 312 g/mol. The first-order valence-corrected chi connectivity index (χ1v) is 9.03. The molecule has 4 nitrogen and oxygen atoms in total. The Kier molecular flexibility index (Phi) is 6.23. The molecule has 0 saturated carbocycles. The van der Waals surface area contributed by atoms with Crippen molar-refractivity contribution in [3.8, 4) is 0 Å². The Hall–Kier alpha value is -1.07. The Morgan fingerprint density at radius 1 is 1.14 bits per heavy atom. The van der Waals surface area contributed by atoms with Gasteiger partial charge in [-0.05, 0) is 49.9 Å². The quantitative estimate of drug-likeness (QED) is 0.839. The van der Waals surface area contributed by atoms with Crippen LogP contribution in [0, 0.1) is 19.8 Å². The van der Waals surface area contributed by atoms with Gasteiger partial charge in [0, 0.05) is 25.3 Å². The van der Waals surface area contributed by atoms with Crippen LogP contribution < -0.4 is 5.32 Å². The van der Waals surface area contributed by atoms with Crippen LogP contribution in [0.25, 0.3) is 0 Å². The fraction of sp³-hybridized carbons (Fsp3) is 0.625. The molecule has 0 unspecified atom stereocenters. The van der Waals surface area contributed by atoms with Crippen LogP contribution in [0.2, 0.25) is 0 Å². The van der Waals surface area contributed by atoms with Gasteiger partial charge in [0.15, 0.2) is 0 Å². The van der Waals surface area contributed by atoms with Crippen LogP contribution in [0.1, 0.15) is 38.8 Å². The van der Waals surface area contributed by atoms with Gasteiger partial charge < -0.3 is 5.32 Å². The predicted octanol–water partition coefficient (Wildman–Crippen LogP) is 3.40. The van der Waals surface area contributed by atoms with Gasteiger partial charge in [0.1, 0.15) is 0 Å². The van der Waals surface area contributed by atoms with Gasteiger partial charge in [-0.1, -0.05) is 20.8 Å². The summed E-state index contributed by atoms with van der Waals surface area (Å²) in [5.41, 5.74) is 2.57. The lowest BCUT2D eigenvalue weighted by Crippen LogP contribution is -2.34. The largest absolute Gasteiger partial charge is 0.385 e. The number of anilines is 1. The maximum Gasteiger partial charge on any atom is 0.243 e. The molecule has 0 aliphatic heterocycles. The second-order valence-electron chi connectivity index (χ2n) is 5.82. The lowest BCUT2D eigenvalue weighted by atomic mass is 10.1. The maximum atomic E-state index is 12.9. The van der Waals surface area contributed by atoms with Gasteiger partial charge in [-0.25, -0.2) is 8.42 Å². The number of nitrogens with zero attached hydrogens (tertiary/aromatic N) is 1. The number of sulfonamides is 1. The SMILES string of the molecule is CCNc1cc(C)c(S(=O)(=O)N(CC)CC(C)C)c(C)c1. The normalized spacial score (nSPS) is 12.2. The first-order chi connectivity index (χ1) is 9.73. The van der Waals surface area contributed by atoms with Crippen LogP contribution in [0.3, 0.4) is 0 Å². The van der Waals surface area contributed by atoms with Crippen molar-refractivity contribution in [1.82, 2.24) is 4.31 Å². The van der Waals surface area contributed by atoms with E-state index in [0.29, 0.717) is 23.9 Å². The van der Waals surface area contributed by atoms with Crippen molar-refractivity contribution in [2.75, 3.05) is 25.0 Å². The minimum atomic E-state index is -3.43. The fourth-order valence-corrected chi connectivity index (χ4v) is 4.62. The molecule has 120 valence electrons. The van der Waals surface area contributed by atoms with Gasteiger partial charge >= 0.3 is 0 Å². The summed E-state index contributed by atoms with van der Waals surface area (Å²) >= 11 is 0. The van der Waals surface area contributed by atoms with Crippen LogP contribution >= 0.6 is 0 Å². The van der Waals surface area contributed by atoms with Crippen LogP contribution in [0.15, 0.2) is 17.0 Å². The number of benzene rings is 1. The lowest BCUT2D eigenvalue weighted by molar-refractivity contribution is 0.380. The average Bonchev–Trinajstić information content (AvgIpc) is 2.34. The Balaban J connectivity index is 3.31. The van der Waals surface area contributed by atoms with E-state index in [4.69, 9.17) is 0 Å². The molecule has 0 spiro atoms. The topological polar surface area (TPSA) is 49.4 Å². The van der Waals surface area contributed by atoms with Crippen molar-refractivity contribution < 1.29 is 8.42 Å². The van der Waals surface area contributed by atoms with E-state index >= 15 is 0 Å². The molecule has 1 N–H and O–H groups in total. The Morgan fingerprint density at radius 3 is 2.05 bits per heavy atom. The van der Waals surface area contributed by atoms with Gasteiger partial charge in [-0.2, -0.15) is 4.31 Å². The molecular weight excluding hydrogens is 284 g/mol. The molecule has 0 fully saturated rings. The van der Waals surface area contributed by atoms with Crippen molar-refractivity contribution in [1.29, 1.82) is 0 Å². The van der Waals surface area contributed by atoms with Crippen molar-refractivity contribution in [2.45, 2.75) is 46.4 Å². The second kappa shape index (κ2) is 7.27. The monoisotopic (exact) mass is 312 g/mol. The van der Waals surface area contributed by atoms with Gasteiger partial charge in [-0.15, -0.1) is 0 Å². The highest BCUT2D eigenvalue weighted by molar-refractivity contribution is 7.89. The lowest BCUT2D eigenvalue weighted by Gasteiger charge is -2.24. The standard InChI is InChI=1S/C16H28N2O2S/c1-7-17-15-9-13(5)16(14(6)10-15)21(19,20)18(8-2)11-12(3)4/h9-10,12,17H,7-8,11H2,1-6H3. The van der Waals surface area contributed by atoms with E-state index in [9.17, 15) is 8.42 Å². The highest BCUT2D eigenvalue weighted by Crippen LogP contribution is 2.27. The summed E-state index contributed by atoms with van der Waals surface area (Å²) in [6, 6.07) is 3.82. The third-order valence-electron chi connectivity index (χ3n) is 3.36. The van der Waals surface area contributed by atoms with Crippen molar-refractivity contribution >= 4 is 15.7 Å². The van der Waals surface area contributed by atoms with E-state index in [1.807, 2.05) is 53.7 Å². The van der Waals surface area contributed by atoms with Crippen molar-refractivity contribution in [3.63, 3.8) is 0 Å². The first-order valence-electron chi connectivity index (χ1n) is 7.59. The van der Waals surface area contributed by atoms with Crippen molar-refractivity contribution in [2.24, 2.45) is 5.92 Å². The first kappa shape index (κ1) is 18.0. The zero-order valence-electron chi connectivity index (χ0n) is 14.0. The van der Waals surface area contributed by atoms with Crippen LogP contribution in [0.5, 0.6) is 0 Å². The third kappa shape index (κ3) is 4.20. The molecule has 1 aromatic rings. The van der Waals surface area contributed by atoms with Crippen LogP contribution in [-0.2, 0) is 10.0 Å². The molecule has 0 aliphatic rings. The van der Waals surface area contributed by atoms with Gasteiger partial charge in [0.25, 0.3) is 0 Å². The molecule has 5 heteroatoms. The van der Waals surface area contributed by atoms with Crippen molar-refractivity contribution in [3.05, 3.63) is 23.3 Å². The minimum absolute atomic E-state index is 0.307. The smallest absolute Gasteiger partial charge is 0.243 e. The highest BCUT2D eigenvalue weighted by atomic mass is 32.2. The summed E-state index contributed by atoms with van der Waals surface area (Å²) in [5.74, 6) is 0.307. The summed E-state index contributed by atoms with van der Waals surface area (Å²) in [5, 5.41) is 3.23. The van der Waals surface area contributed by atoms with Crippen LogP contribution in [0.4, 0.5) is 5.69 Å². The molecule has 0 aliphatic carbocycles. The van der Waals surface area contributed by atoms with E-state index in [1.54, 1.807) is 4.31 Å². The summed E-state index contributed by atoms with van der Waals surface area (Å²) in [6.45, 7) is 13.6. The molecule has 0 radical (unpaired) electrons. The number of hydrogen-bond acceptors (Lipinski definition) is 3. The van der Waals surface area contributed by atoms with E-state index < -0.39 is 10.0 Å². The molecule has 0 atom stereocenters. The summed E-state index contributed by atoms with van der Waals surface area (Å²) in [7, 11) is -3.43. The minimum Gasteiger partial charge on any atom is -0.385 e. The van der Waals surface area contributed by atoms with Gasteiger partial charge in [-0.3, -0.25) is 0 Å². The Bertz CT molecular complexity index is 557. The number of hydrogen-bond donors (Lipinski definition) is 1. The summed E-state index contributed by atoms with van der Waals surface area (Å²) < 4.78 is 27.4. The van der Waals surface area contributed by atoms with Gasteiger partial charge in [0.2, 0.25) is 10.0 Å². The van der Waals surface area contributed by atoms with E-state index in [0.717, 1.165) is 23.4 Å². The van der Waals surface area contributed by atoms with Crippen LogP contribution in [-0.4, -0.2) is 32.4 Å². The number of nitrogens with one attached hydrogen (secondary N) is 1. The molecule has 1 rings (SSSR count). The highest BCUT2D eigenvalue weighted by Gasteiger charge is 2.27. The molecule has 0 bridgehead atoms. The molecule has 0 heterocycles. The number of rotatable bonds is 7. The molecule has 1 aromatic carbocycles. The molecule has 0 aromatic heterocycles. The summed E-state index contributed by atoms with van der Waals surface area (Å²) in [6.07, 6.45) is 0. The zero-order chi connectivity index (χ0) is 16.2. The van der Waals surface area contributed by atoms with E-state index in [1.165, 1.54) is 0 Å². The molecule has 21 heavy (non-hydrogen) atoms. The molecular formula is C16H28N2O2S.